The van der Waals surface area contributed by atoms with Crippen molar-refractivity contribution in [2.24, 2.45) is 0 Å². The number of amides is 3. The van der Waals surface area contributed by atoms with Gasteiger partial charge in [-0.25, -0.2) is 14.6 Å². The molecule has 1 aliphatic rings. The number of aromatic nitrogens is 1. The van der Waals surface area contributed by atoms with Crippen LogP contribution in [0.25, 0.3) is 0 Å². The van der Waals surface area contributed by atoms with Crippen LogP contribution in [0, 0.1) is 0 Å². The number of thiazole rings is 1. The average molecular weight is 340 g/mol. The molecule has 1 aromatic rings. The quantitative estimate of drug-likeness (QED) is 0.618. The molecular formula is C14H20N4O4S. The Labute approximate surface area is 137 Å². The van der Waals surface area contributed by atoms with Crippen LogP contribution in [0.3, 0.4) is 0 Å². The third-order valence-electron chi connectivity index (χ3n) is 3.56. The van der Waals surface area contributed by atoms with E-state index in [1.165, 1.54) is 11.8 Å². The number of carboxylic acid groups (broad SMARTS) is 1. The number of hydrogen-bond acceptors (Lipinski definition) is 5. The van der Waals surface area contributed by atoms with Crippen molar-refractivity contribution in [3.05, 3.63) is 16.1 Å². The molecule has 0 unspecified atom stereocenters. The summed E-state index contributed by atoms with van der Waals surface area (Å²) < 4.78 is 0. The number of urea groups is 1. The lowest BCUT2D eigenvalue weighted by Crippen LogP contribution is -2.46. The van der Waals surface area contributed by atoms with Gasteiger partial charge in [-0.1, -0.05) is 19.3 Å². The van der Waals surface area contributed by atoms with Crippen molar-refractivity contribution in [1.82, 2.24) is 20.9 Å². The predicted octanol–water partition coefficient (Wildman–Crippen LogP) is 1.09. The molecule has 2 rings (SSSR count). The summed E-state index contributed by atoms with van der Waals surface area (Å²) in [5.74, 6) is -1.45. The van der Waals surface area contributed by atoms with Gasteiger partial charge in [0, 0.05) is 11.4 Å². The maximum Gasteiger partial charge on any atom is 0.355 e. The van der Waals surface area contributed by atoms with Crippen LogP contribution in [0.5, 0.6) is 0 Å². The number of carbonyl (C=O) groups is 3. The summed E-state index contributed by atoms with van der Waals surface area (Å²) in [6.45, 7) is 0.0123. The predicted molar refractivity (Wildman–Crippen MR) is 84.3 cm³/mol. The Morgan fingerprint density at radius 2 is 1.96 bits per heavy atom. The number of nitrogens with one attached hydrogen (secondary N) is 3. The minimum atomic E-state index is -1.10. The Morgan fingerprint density at radius 1 is 1.22 bits per heavy atom. The van der Waals surface area contributed by atoms with E-state index in [1.807, 2.05) is 0 Å². The fourth-order valence-electron chi connectivity index (χ4n) is 2.37. The Hall–Kier alpha value is -2.16. The fourth-order valence-corrected chi connectivity index (χ4v) is 3.08. The normalized spacial score (nSPS) is 15.0. The fraction of sp³-hybridized carbons (Fsp3) is 0.571. The zero-order valence-corrected chi connectivity index (χ0v) is 13.4. The van der Waals surface area contributed by atoms with E-state index in [0.717, 1.165) is 37.0 Å². The van der Waals surface area contributed by atoms with Crippen LogP contribution >= 0.6 is 11.3 Å². The third kappa shape index (κ3) is 5.85. The van der Waals surface area contributed by atoms with Crippen LogP contribution < -0.4 is 16.0 Å². The Morgan fingerprint density at radius 3 is 2.61 bits per heavy atom. The van der Waals surface area contributed by atoms with Gasteiger partial charge in [-0.3, -0.25) is 4.79 Å². The van der Waals surface area contributed by atoms with Crippen molar-refractivity contribution < 1.29 is 19.5 Å². The van der Waals surface area contributed by atoms with Crippen molar-refractivity contribution >= 4 is 29.2 Å². The molecule has 0 aromatic carbocycles. The highest BCUT2D eigenvalue weighted by Crippen LogP contribution is 2.17. The van der Waals surface area contributed by atoms with Gasteiger partial charge in [0.05, 0.1) is 13.1 Å². The molecule has 0 saturated heterocycles. The number of hydrogen-bond donors (Lipinski definition) is 4. The van der Waals surface area contributed by atoms with Crippen molar-refractivity contribution in [2.75, 3.05) is 6.54 Å². The zero-order chi connectivity index (χ0) is 16.7. The van der Waals surface area contributed by atoms with E-state index in [4.69, 9.17) is 5.11 Å². The van der Waals surface area contributed by atoms with Crippen LogP contribution in [0.1, 0.15) is 47.6 Å². The largest absolute Gasteiger partial charge is 0.476 e. The van der Waals surface area contributed by atoms with Crippen molar-refractivity contribution in [3.63, 3.8) is 0 Å². The third-order valence-corrected chi connectivity index (χ3v) is 4.41. The first-order chi connectivity index (χ1) is 11.0. The van der Waals surface area contributed by atoms with E-state index in [-0.39, 0.29) is 36.8 Å². The van der Waals surface area contributed by atoms with Crippen molar-refractivity contribution in [2.45, 2.75) is 44.7 Å². The van der Waals surface area contributed by atoms with Gasteiger partial charge in [0.2, 0.25) is 5.91 Å². The van der Waals surface area contributed by atoms with E-state index >= 15 is 0 Å². The zero-order valence-electron chi connectivity index (χ0n) is 12.6. The molecule has 0 bridgehead atoms. The number of carbonyl (C=O) groups excluding carboxylic acids is 2. The molecule has 0 atom stereocenters. The molecule has 1 fully saturated rings. The van der Waals surface area contributed by atoms with Crippen LogP contribution in [0.15, 0.2) is 5.38 Å². The molecule has 0 aliphatic heterocycles. The molecule has 0 radical (unpaired) electrons. The second-order valence-corrected chi connectivity index (χ2v) is 6.31. The van der Waals surface area contributed by atoms with Gasteiger partial charge in [-0.05, 0) is 12.8 Å². The van der Waals surface area contributed by atoms with Crippen LogP contribution in [0.2, 0.25) is 0 Å². The van der Waals surface area contributed by atoms with Gasteiger partial charge < -0.3 is 21.1 Å². The molecule has 9 heteroatoms. The van der Waals surface area contributed by atoms with Gasteiger partial charge in [0.15, 0.2) is 5.69 Å². The summed E-state index contributed by atoms with van der Waals surface area (Å²) in [5.41, 5.74) is -0.0377. The summed E-state index contributed by atoms with van der Waals surface area (Å²) in [7, 11) is 0. The van der Waals surface area contributed by atoms with Crippen LogP contribution in [-0.2, 0) is 11.3 Å². The second-order valence-electron chi connectivity index (χ2n) is 5.37. The number of rotatable bonds is 6. The van der Waals surface area contributed by atoms with Gasteiger partial charge in [0.25, 0.3) is 0 Å². The van der Waals surface area contributed by atoms with Crippen LogP contribution in [0.4, 0.5) is 4.79 Å². The molecule has 3 amide bonds. The topological polar surface area (TPSA) is 120 Å². The molecule has 1 aliphatic carbocycles. The lowest BCUT2D eigenvalue weighted by molar-refractivity contribution is -0.120. The minimum absolute atomic E-state index is 0.0377. The first-order valence-corrected chi connectivity index (χ1v) is 8.41. The van der Waals surface area contributed by atoms with Gasteiger partial charge >= 0.3 is 12.0 Å². The highest BCUT2D eigenvalue weighted by Gasteiger charge is 2.16. The summed E-state index contributed by atoms with van der Waals surface area (Å²) in [4.78, 5) is 37.9. The molecule has 1 heterocycles. The lowest BCUT2D eigenvalue weighted by atomic mass is 9.96. The molecule has 1 saturated carbocycles. The molecule has 126 valence electrons. The van der Waals surface area contributed by atoms with E-state index in [1.54, 1.807) is 0 Å². The molecule has 0 spiro atoms. The summed E-state index contributed by atoms with van der Waals surface area (Å²) >= 11 is 1.16. The van der Waals surface area contributed by atoms with E-state index in [2.05, 4.69) is 20.9 Å². The average Bonchev–Trinajstić information content (AvgIpc) is 3.01. The first kappa shape index (κ1) is 17.2. The van der Waals surface area contributed by atoms with Crippen LogP contribution in [-0.4, -0.2) is 40.6 Å². The van der Waals surface area contributed by atoms with E-state index in [9.17, 15) is 14.4 Å². The smallest absolute Gasteiger partial charge is 0.355 e. The van der Waals surface area contributed by atoms with Gasteiger partial charge in [-0.15, -0.1) is 11.3 Å². The van der Waals surface area contributed by atoms with Crippen molar-refractivity contribution in [1.29, 1.82) is 0 Å². The SMILES string of the molecule is O=C(CNC(=O)NC1CCCCC1)NCc1nc(C(=O)O)cs1. The second kappa shape index (κ2) is 8.47. The Bertz CT molecular complexity index is 569. The monoisotopic (exact) mass is 340 g/mol. The first-order valence-electron chi connectivity index (χ1n) is 7.53. The lowest BCUT2D eigenvalue weighted by Gasteiger charge is -2.22. The Kier molecular flexibility index (Phi) is 6.33. The molecule has 8 nitrogen and oxygen atoms in total. The summed E-state index contributed by atoms with van der Waals surface area (Å²) in [6.07, 6.45) is 5.42. The maximum absolute atomic E-state index is 11.7. The van der Waals surface area contributed by atoms with E-state index < -0.39 is 5.97 Å². The standard InChI is InChI=1S/C14H20N4O4S/c19-11(15-7-12-18-10(8-23-12)13(20)21)6-16-14(22)17-9-4-2-1-3-5-9/h8-9H,1-7H2,(H,15,19)(H,20,21)(H2,16,17,22). The molecule has 4 N–H and O–H groups in total. The summed E-state index contributed by atoms with van der Waals surface area (Å²) in [6, 6.07) is -0.147. The molecular weight excluding hydrogens is 320 g/mol. The number of aromatic carboxylic acids is 1. The Balaban J connectivity index is 1.64. The highest BCUT2D eigenvalue weighted by molar-refractivity contribution is 7.09. The number of carboxylic acids is 1. The summed E-state index contributed by atoms with van der Waals surface area (Å²) in [5, 5.41) is 18.6. The molecule has 23 heavy (non-hydrogen) atoms. The molecule has 1 aromatic heterocycles. The number of nitrogens with zero attached hydrogens (tertiary/aromatic N) is 1. The van der Waals surface area contributed by atoms with Gasteiger partial charge in [0.1, 0.15) is 5.01 Å². The van der Waals surface area contributed by atoms with Crippen molar-refractivity contribution in [3.8, 4) is 0 Å². The van der Waals surface area contributed by atoms with Gasteiger partial charge in [-0.2, -0.15) is 0 Å². The maximum atomic E-state index is 11.7. The van der Waals surface area contributed by atoms with E-state index in [0.29, 0.717) is 5.01 Å². The highest BCUT2D eigenvalue weighted by atomic mass is 32.1. The minimum Gasteiger partial charge on any atom is -0.476 e.